The third kappa shape index (κ3) is 9.85. The number of carbonyl (C=O) groups is 2. The number of hydrogen-bond acceptors (Lipinski definition) is 10. The summed E-state index contributed by atoms with van der Waals surface area (Å²) in [5.74, 6) is -2.36. The highest BCUT2D eigenvalue weighted by Gasteiger charge is 2.58. The van der Waals surface area contributed by atoms with Crippen molar-refractivity contribution >= 4 is 11.8 Å². The number of alkyl halides is 4. The second kappa shape index (κ2) is 19.6. The van der Waals surface area contributed by atoms with Gasteiger partial charge in [0.2, 0.25) is 11.8 Å². The normalized spacial score (nSPS) is 43.8. The molecule has 2 bridgehead atoms. The molecule has 60 heavy (non-hydrogen) atoms. The minimum Gasteiger partial charge on any atom is -0.394 e. The molecule has 0 aromatic rings. The Morgan fingerprint density at radius 2 is 1.63 bits per heavy atom. The monoisotopic (exact) mass is 862 g/mol. The molecule has 12 nitrogen and oxygen atoms in total. The smallest absolute Gasteiger partial charge is 0.240 e. The van der Waals surface area contributed by atoms with E-state index < -0.39 is 79.9 Å². The van der Waals surface area contributed by atoms with Gasteiger partial charge in [-0.15, -0.1) is 0 Å². The van der Waals surface area contributed by atoms with Crippen molar-refractivity contribution in [3.63, 3.8) is 0 Å². The van der Waals surface area contributed by atoms with Gasteiger partial charge in [-0.2, -0.15) is 5.06 Å². The first-order chi connectivity index (χ1) is 28.3. The number of ether oxygens (including phenoxy) is 1. The molecule has 0 aromatic carbocycles. The Kier molecular flexibility index (Phi) is 15.6. The van der Waals surface area contributed by atoms with Crippen LogP contribution in [0, 0.1) is 58.7 Å². The summed E-state index contributed by atoms with van der Waals surface area (Å²) in [6, 6.07) is -1.76. The topological polar surface area (TPSA) is 147 Å². The Bertz CT molecular complexity index is 1440. The number of carbonyl (C=O) groups excluding carboxylic acids is 2. The number of aliphatic hydroxyl groups is 3. The Morgan fingerprint density at radius 1 is 0.950 bits per heavy atom. The fraction of sp³-hybridized carbons (Fsp3) is 0.955. The van der Waals surface area contributed by atoms with Crippen LogP contribution in [0.15, 0.2) is 0 Å². The van der Waals surface area contributed by atoms with Crippen LogP contribution >= 0.6 is 0 Å². The molecule has 0 radical (unpaired) electrons. The molecule has 7 aliphatic rings. The number of hydroxylamine groups is 2. The zero-order chi connectivity index (χ0) is 44.0. The van der Waals surface area contributed by atoms with Crippen LogP contribution < -0.4 is 10.6 Å². The molecule has 1 aliphatic heterocycles. The lowest BCUT2D eigenvalue weighted by atomic mass is 9.45. The first kappa shape index (κ1) is 47.8. The number of halogens is 4. The fourth-order valence-corrected chi connectivity index (χ4v) is 12.9. The number of likely N-dealkylation sites (N-methyl/N-ethyl adjacent to an activating group) is 1. The lowest BCUT2D eigenvalue weighted by Gasteiger charge is -2.62. The van der Waals surface area contributed by atoms with Crippen LogP contribution in [0.2, 0.25) is 0 Å². The number of methoxy groups -OCH3 is 1. The molecule has 5 N–H and O–H groups in total. The van der Waals surface area contributed by atoms with Crippen LogP contribution in [0.3, 0.4) is 0 Å². The maximum Gasteiger partial charge on any atom is 0.240 e. The van der Waals surface area contributed by atoms with Gasteiger partial charge in [-0.3, -0.25) is 14.4 Å². The van der Waals surface area contributed by atoms with E-state index >= 15 is 0 Å². The van der Waals surface area contributed by atoms with Gasteiger partial charge in [-0.1, -0.05) is 27.2 Å². The number of fused-ring (bicyclic) bond motifs is 2. The minimum absolute atomic E-state index is 0.0371. The number of nitrogens with one attached hydrogen (secondary N) is 2. The van der Waals surface area contributed by atoms with Crippen LogP contribution in [0.25, 0.3) is 0 Å². The molecule has 16 heteroatoms. The molecule has 18 atom stereocenters. The highest BCUT2D eigenvalue weighted by atomic mass is 19.2. The number of amides is 2. The Balaban J connectivity index is 1.16. The third-order valence-electron chi connectivity index (χ3n) is 16.4. The summed E-state index contributed by atoms with van der Waals surface area (Å²) < 4.78 is 65.1. The van der Waals surface area contributed by atoms with E-state index in [0.717, 1.165) is 38.5 Å². The molecule has 0 spiro atoms. The first-order valence-corrected chi connectivity index (χ1v) is 22.7. The second-order valence-electron chi connectivity index (χ2n) is 20.8. The Morgan fingerprint density at radius 3 is 2.20 bits per heavy atom. The molecule has 7 rings (SSSR count). The number of rotatable bonds is 15. The maximum atomic E-state index is 15.0. The van der Waals surface area contributed by atoms with Gasteiger partial charge < -0.3 is 40.5 Å². The predicted molar refractivity (Wildman–Crippen MR) is 218 cm³/mol. The van der Waals surface area contributed by atoms with E-state index in [1.807, 2.05) is 14.1 Å². The molecule has 0 aromatic heterocycles. The van der Waals surface area contributed by atoms with Crippen LogP contribution in [0.4, 0.5) is 17.6 Å². The molecule has 2 amide bonds. The quantitative estimate of drug-likeness (QED) is 0.122. The zero-order valence-corrected chi connectivity index (χ0v) is 37.1. The van der Waals surface area contributed by atoms with Crippen LogP contribution in [-0.4, -0.2) is 164 Å². The first-order valence-electron chi connectivity index (χ1n) is 22.7. The van der Waals surface area contributed by atoms with Gasteiger partial charge in [0.25, 0.3) is 0 Å². The van der Waals surface area contributed by atoms with Crippen molar-refractivity contribution in [2.24, 2.45) is 58.7 Å². The maximum absolute atomic E-state index is 15.0. The second-order valence-corrected chi connectivity index (χ2v) is 20.8. The predicted octanol–water partition coefficient (Wildman–Crippen LogP) is 3.66. The number of hydrogen-bond donors (Lipinski definition) is 5. The summed E-state index contributed by atoms with van der Waals surface area (Å²) in [6.07, 6.45) is -6.27. The highest BCUT2D eigenvalue weighted by molar-refractivity contribution is 5.83. The standard InChI is InChI=1S/C44H75F4N5O7/c1-22-31-15-26(44(31,2)3)16-34(22)50-42(56)39-36(43(57)58)35(21-54)60-53(39)19-23-10-9-11-29(40(23)59-8)24-12-25(14-28(13-24)52(6)7)41(55)49-27(20-51(4)5)17-30-37(47)32(45)18-33(46)38(30)48/h22-40,43,54,57-58H,9-21H2,1-8H3,(H,49,55)(H,50,56)/t22-,23?,24?,25?,26+,27-,28?,29?,30?,31-,32?,33?,34-,35-,36-,37?,38?,39-,40?/m0/s1. The van der Waals surface area contributed by atoms with Gasteiger partial charge in [0, 0.05) is 62.5 Å². The lowest BCUT2D eigenvalue weighted by Crippen LogP contribution is -2.62. The summed E-state index contributed by atoms with van der Waals surface area (Å²) in [7, 11) is 9.19. The molecule has 1 saturated heterocycles. The molecule has 6 aliphatic carbocycles. The Labute approximate surface area is 354 Å². The van der Waals surface area contributed by atoms with Crippen molar-refractivity contribution < 1.29 is 52.0 Å². The van der Waals surface area contributed by atoms with Crippen molar-refractivity contribution in [3.8, 4) is 0 Å². The molecule has 1 heterocycles. The Hall–Kier alpha value is -1.66. The molecular weight excluding hydrogens is 787 g/mol. The molecule has 6 saturated carbocycles. The molecule has 10 unspecified atom stereocenters. The van der Waals surface area contributed by atoms with E-state index in [4.69, 9.17) is 9.57 Å². The van der Waals surface area contributed by atoms with Crippen LogP contribution in [0.5, 0.6) is 0 Å². The van der Waals surface area contributed by atoms with Gasteiger partial charge in [-0.25, -0.2) is 17.6 Å². The van der Waals surface area contributed by atoms with Crippen LogP contribution in [-0.2, 0) is 19.2 Å². The van der Waals surface area contributed by atoms with E-state index in [1.165, 1.54) is 0 Å². The van der Waals surface area contributed by atoms with Gasteiger partial charge in [0.15, 0.2) is 6.29 Å². The zero-order valence-electron chi connectivity index (χ0n) is 37.1. The van der Waals surface area contributed by atoms with Crippen LogP contribution in [0.1, 0.15) is 85.0 Å². The van der Waals surface area contributed by atoms with Gasteiger partial charge in [-0.05, 0) is 115 Å². The fourth-order valence-electron chi connectivity index (χ4n) is 12.9. The SMILES string of the molecule is COC1C(CN2O[C@@H](CO)[C@H](C(O)O)[C@H]2C(=O)N[C@H]2C[C@H]3C[C@@H]([C@@H]2C)C3(C)C)CCCC1C1CC(C(=O)N[C@@H](CC2C(F)C(F)CC(F)C2F)CN(C)C)CC(N(C)C)C1. The highest BCUT2D eigenvalue weighted by Crippen LogP contribution is 2.61. The summed E-state index contributed by atoms with van der Waals surface area (Å²) in [5.41, 5.74) is 0.225. The van der Waals surface area contributed by atoms with E-state index in [0.29, 0.717) is 24.7 Å². The van der Waals surface area contributed by atoms with Gasteiger partial charge in [0.05, 0.1) is 18.6 Å². The molecular formula is C44H75F4N5O7. The van der Waals surface area contributed by atoms with E-state index in [2.05, 4.69) is 36.3 Å². The van der Waals surface area contributed by atoms with E-state index in [1.54, 1.807) is 31.2 Å². The summed E-state index contributed by atoms with van der Waals surface area (Å²) in [5, 5.41) is 39.3. The lowest BCUT2D eigenvalue weighted by molar-refractivity contribution is -0.194. The van der Waals surface area contributed by atoms with Crippen molar-refractivity contribution in [3.05, 3.63) is 0 Å². The summed E-state index contributed by atoms with van der Waals surface area (Å²) in [4.78, 5) is 38.6. The van der Waals surface area contributed by atoms with E-state index in [-0.39, 0.29) is 78.6 Å². The number of aliphatic hydroxyl groups excluding tert-OH is 2. The van der Waals surface area contributed by atoms with Crippen molar-refractivity contribution in [2.75, 3.05) is 55.0 Å². The average Bonchev–Trinajstić information content (AvgIpc) is 3.57. The largest absolute Gasteiger partial charge is 0.394 e. The van der Waals surface area contributed by atoms with Gasteiger partial charge in [0.1, 0.15) is 36.8 Å². The van der Waals surface area contributed by atoms with Crippen molar-refractivity contribution in [1.82, 2.24) is 25.5 Å². The van der Waals surface area contributed by atoms with Crippen molar-refractivity contribution in [1.29, 1.82) is 0 Å². The van der Waals surface area contributed by atoms with Gasteiger partial charge >= 0.3 is 0 Å². The molecule has 346 valence electrons. The summed E-state index contributed by atoms with van der Waals surface area (Å²) >= 11 is 0. The molecule has 7 fully saturated rings. The minimum atomic E-state index is -2.15. The number of nitrogens with zero attached hydrogens (tertiary/aromatic N) is 3. The average molecular weight is 862 g/mol. The van der Waals surface area contributed by atoms with Crippen molar-refractivity contribution in [2.45, 2.75) is 152 Å². The van der Waals surface area contributed by atoms with E-state index in [9.17, 15) is 42.5 Å². The third-order valence-corrected chi connectivity index (χ3v) is 16.4. The summed E-state index contributed by atoms with van der Waals surface area (Å²) in [6.45, 7) is 6.79.